The Kier molecular flexibility index (Phi) is 6.72. The Labute approximate surface area is 210 Å². The van der Waals surface area contributed by atoms with Gasteiger partial charge in [0.15, 0.2) is 0 Å². The molecule has 0 unspecified atom stereocenters. The van der Waals surface area contributed by atoms with Gasteiger partial charge in [-0.2, -0.15) is 26.3 Å². The van der Waals surface area contributed by atoms with Gasteiger partial charge in [0.1, 0.15) is 5.75 Å². The number of anilines is 1. The van der Waals surface area contributed by atoms with Crippen molar-refractivity contribution in [1.82, 2.24) is 9.47 Å². The van der Waals surface area contributed by atoms with Gasteiger partial charge < -0.3 is 14.6 Å². The molecule has 0 amide bonds. The van der Waals surface area contributed by atoms with E-state index in [-0.39, 0.29) is 30.6 Å². The van der Waals surface area contributed by atoms with Crippen LogP contribution in [0.2, 0.25) is 0 Å². The molecule has 1 saturated heterocycles. The molecule has 3 heterocycles. The summed E-state index contributed by atoms with van der Waals surface area (Å²) >= 11 is 0. The molecule has 5 rings (SSSR count). The van der Waals surface area contributed by atoms with Crippen molar-refractivity contribution < 1.29 is 31.1 Å². The number of halogens is 7. The van der Waals surface area contributed by atoms with Crippen LogP contribution in [0.15, 0.2) is 54.7 Å². The van der Waals surface area contributed by atoms with Gasteiger partial charge in [0.2, 0.25) is 0 Å². The van der Waals surface area contributed by atoms with Gasteiger partial charge >= 0.3 is 12.4 Å². The number of hydrogen-bond acceptors (Lipinski definition) is 3. The van der Waals surface area contributed by atoms with Gasteiger partial charge in [-0.05, 0) is 60.9 Å². The normalized spacial score (nSPS) is 17.1. The maximum absolute atomic E-state index is 13.2. The van der Waals surface area contributed by atoms with Crippen LogP contribution in [0.3, 0.4) is 0 Å². The quantitative estimate of drug-likeness (QED) is 0.374. The highest BCUT2D eigenvalue weighted by atomic mass is 35.5. The zero-order valence-corrected chi connectivity index (χ0v) is 20.0. The summed E-state index contributed by atoms with van der Waals surface area (Å²) in [7, 11) is 1.60. The molecule has 2 aromatic carbocycles. The average molecular weight is 532 g/mol. The van der Waals surface area contributed by atoms with E-state index < -0.39 is 29.0 Å². The summed E-state index contributed by atoms with van der Waals surface area (Å²) in [5.41, 5.74) is 0.00832. The van der Waals surface area contributed by atoms with Crippen LogP contribution in [-0.2, 0) is 24.4 Å². The second-order valence-corrected chi connectivity index (χ2v) is 9.04. The second-order valence-electron chi connectivity index (χ2n) is 9.04. The molecule has 36 heavy (non-hydrogen) atoms. The third-order valence-electron chi connectivity index (χ3n) is 6.84. The minimum atomic E-state index is -4.85. The van der Waals surface area contributed by atoms with Gasteiger partial charge in [0.05, 0.1) is 35.2 Å². The Hall–Kier alpha value is -2.85. The predicted molar refractivity (Wildman–Crippen MR) is 126 cm³/mol. The number of likely N-dealkylation sites (tertiary alicyclic amines) is 1. The summed E-state index contributed by atoms with van der Waals surface area (Å²) in [4.78, 5) is 1.90. The third-order valence-corrected chi connectivity index (χ3v) is 6.84. The number of aromatic nitrogens is 1. The summed E-state index contributed by atoms with van der Waals surface area (Å²) in [6.07, 6.45) is -6.45. The first kappa shape index (κ1) is 26.2. The van der Waals surface area contributed by atoms with E-state index in [1.54, 1.807) is 7.11 Å². The van der Waals surface area contributed by atoms with Crippen molar-refractivity contribution in [2.45, 2.75) is 37.3 Å². The lowest BCUT2D eigenvalue weighted by atomic mass is 9.82. The summed E-state index contributed by atoms with van der Waals surface area (Å²) in [5.74, 6) is 0.712. The summed E-state index contributed by atoms with van der Waals surface area (Å²) in [6.45, 7) is 1.03. The minimum Gasteiger partial charge on any atom is -0.497 e. The molecule has 2 aliphatic rings. The van der Waals surface area contributed by atoms with Crippen molar-refractivity contribution in [1.29, 1.82) is 0 Å². The number of fused-ring (bicyclic) bond motifs is 4. The lowest BCUT2D eigenvalue weighted by molar-refractivity contribution is -0.143. The standard InChI is InChI=1S/C25H23F6N3O.ClH/c1-35-19-4-5-21-20(14-19)32-23(22-3-2-8-34(21)22)6-9-33(10-7-23)15-16-11-17(24(26,27)28)13-18(12-16)25(29,30)31;/h2-5,8,11-14,32H,6-7,9-10,15H2,1H3;1H. The molecule has 1 spiro atoms. The van der Waals surface area contributed by atoms with Crippen molar-refractivity contribution in [3.63, 3.8) is 0 Å². The van der Waals surface area contributed by atoms with Crippen molar-refractivity contribution in [2.24, 2.45) is 0 Å². The molecular formula is C25H24ClF6N3O. The van der Waals surface area contributed by atoms with E-state index in [1.165, 1.54) is 0 Å². The van der Waals surface area contributed by atoms with Gasteiger partial charge in [-0.3, -0.25) is 4.90 Å². The van der Waals surface area contributed by atoms with Gasteiger partial charge in [-0.25, -0.2) is 0 Å². The van der Waals surface area contributed by atoms with Crippen LogP contribution in [-0.4, -0.2) is 29.7 Å². The number of rotatable bonds is 3. The van der Waals surface area contributed by atoms with Gasteiger partial charge in [-0.15, -0.1) is 12.4 Å². The van der Waals surface area contributed by atoms with Gasteiger partial charge in [0.25, 0.3) is 0 Å². The molecule has 0 bridgehead atoms. The minimum absolute atomic E-state index is 0. The number of alkyl halides is 6. The van der Waals surface area contributed by atoms with E-state index in [0.717, 1.165) is 29.2 Å². The first-order valence-electron chi connectivity index (χ1n) is 11.1. The van der Waals surface area contributed by atoms with E-state index in [9.17, 15) is 26.3 Å². The maximum atomic E-state index is 13.2. The van der Waals surface area contributed by atoms with E-state index in [1.807, 2.05) is 41.4 Å². The Morgan fingerprint density at radius 2 is 1.56 bits per heavy atom. The SMILES string of the molecule is COc1ccc2c(c1)NC1(CCN(Cc3cc(C(F)(F)F)cc(C(F)(F)F)c3)CC1)c1cccn1-2.Cl. The fourth-order valence-electron chi connectivity index (χ4n) is 5.10. The lowest BCUT2D eigenvalue weighted by Crippen LogP contribution is -2.49. The number of benzene rings is 2. The molecule has 0 saturated carbocycles. The fourth-order valence-corrected chi connectivity index (χ4v) is 5.10. The third kappa shape index (κ3) is 4.76. The molecule has 3 aromatic rings. The largest absolute Gasteiger partial charge is 0.497 e. The van der Waals surface area contributed by atoms with Crippen molar-refractivity contribution in [2.75, 3.05) is 25.5 Å². The molecule has 0 aliphatic carbocycles. The molecule has 194 valence electrons. The lowest BCUT2D eigenvalue weighted by Gasteiger charge is -2.46. The summed E-state index contributed by atoms with van der Waals surface area (Å²) in [6, 6.07) is 11.6. The summed E-state index contributed by atoms with van der Waals surface area (Å²) in [5, 5.41) is 3.65. The molecule has 1 N–H and O–H groups in total. The molecule has 1 aromatic heterocycles. The number of methoxy groups -OCH3 is 1. The Morgan fingerprint density at radius 1 is 0.917 bits per heavy atom. The van der Waals surface area contributed by atoms with E-state index in [0.29, 0.717) is 31.7 Å². The molecule has 2 aliphatic heterocycles. The molecule has 4 nitrogen and oxygen atoms in total. The zero-order chi connectivity index (χ0) is 25.0. The van der Waals surface area contributed by atoms with Gasteiger partial charge in [0, 0.05) is 37.6 Å². The molecule has 0 atom stereocenters. The highest BCUT2D eigenvalue weighted by Gasteiger charge is 2.42. The first-order chi connectivity index (χ1) is 16.5. The Balaban J connectivity index is 0.00000304. The topological polar surface area (TPSA) is 29.4 Å². The van der Waals surface area contributed by atoms with Crippen LogP contribution < -0.4 is 10.1 Å². The van der Waals surface area contributed by atoms with E-state index in [4.69, 9.17) is 4.74 Å². The molecule has 0 radical (unpaired) electrons. The fraction of sp³-hybridized carbons (Fsp3) is 0.360. The molecule has 1 fully saturated rings. The zero-order valence-electron chi connectivity index (χ0n) is 19.2. The Bertz CT molecular complexity index is 1210. The van der Waals surface area contributed by atoms with Crippen LogP contribution in [0.1, 0.15) is 35.2 Å². The Morgan fingerprint density at radius 3 is 2.14 bits per heavy atom. The first-order valence-corrected chi connectivity index (χ1v) is 11.1. The van der Waals surface area contributed by atoms with Crippen LogP contribution in [0, 0.1) is 0 Å². The monoisotopic (exact) mass is 531 g/mol. The van der Waals surface area contributed by atoms with Crippen LogP contribution in [0.5, 0.6) is 5.75 Å². The van der Waals surface area contributed by atoms with Crippen LogP contribution in [0.25, 0.3) is 5.69 Å². The smallest absolute Gasteiger partial charge is 0.416 e. The van der Waals surface area contributed by atoms with Crippen molar-refractivity contribution in [3.8, 4) is 11.4 Å². The number of piperidine rings is 1. The van der Waals surface area contributed by atoms with Crippen LogP contribution in [0.4, 0.5) is 32.0 Å². The highest BCUT2D eigenvalue weighted by molar-refractivity contribution is 5.85. The summed E-state index contributed by atoms with van der Waals surface area (Å²) < 4.78 is 86.9. The van der Waals surface area contributed by atoms with E-state index in [2.05, 4.69) is 9.88 Å². The van der Waals surface area contributed by atoms with Gasteiger partial charge in [-0.1, -0.05) is 0 Å². The number of nitrogens with zero attached hydrogens (tertiary/aromatic N) is 2. The molecular weight excluding hydrogens is 508 g/mol. The van der Waals surface area contributed by atoms with E-state index >= 15 is 0 Å². The number of hydrogen-bond donors (Lipinski definition) is 1. The maximum Gasteiger partial charge on any atom is 0.416 e. The second kappa shape index (κ2) is 9.23. The number of nitrogens with one attached hydrogen (secondary N) is 1. The van der Waals surface area contributed by atoms with Crippen LogP contribution >= 0.6 is 12.4 Å². The van der Waals surface area contributed by atoms with Crippen molar-refractivity contribution >= 4 is 18.1 Å². The molecule has 11 heteroatoms. The predicted octanol–water partition coefficient (Wildman–Crippen LogP) is 6.86. The average Bonchev–Trinajstić information content (AvgIpc) is 3.30. The number of ether oxygens (including phenoxy) is 1. The highest BCUT2D eigenvalue weighted by Crippen LogP contribution is 2.45. The van der Waals surface area contributed by atoms with Crippen molar-refractivity contribution in [3.05, 3.63) is 77.1 Å².